The van der Waals surface area contributed by atoms with E-state index in [1.165, 1.54) is 11.1 Å². The number of phenols is 2. The lowest BCUT2D eigenvalue weighted by Gasteiger charge is -2.29. The molecule has 0 unspecified atom stereocenters. The van der Waals surface area contributed by atoms with Crippen LogP contribution in [-0.2, 0) is 23.9 Å². The van der Waals surface area contributed by atoms with Crippen molar-refractivity contribution in [3.05, 3.63) is 57.6 Å². The highest BCUT2D eigenvalue weighted by Crippen LogP contribution is 2.38. The van der Waals surface area contributed by atoms with Gasteiger partial charge in [-0.3, -0.25) is 0 Å². The van der Waals surface area contributed by atoms with Gasteiger partial charge in [0, 0.05) is 37.3 Å². The second-order valence-electron chi connectivity index (χ2n) is 11.6. The fourth-order valence-electron chi connectivity index (χ4n) is 4.07. The van der Waals surface area contributed by atoms with Gasteiger partial charge in [-0.2, -0.15) is 0 Å². The standard InChI is InChI=1S/C28H44N2O2/c1-19-13-20(2)25(31)21(14-19)17-29(9)11-12-30(10)18-22-15-23(27(3,4)5)16-24(26(22)32)28(6,7)8/h13-16,31-32H,11-12,17-18H2,1-10H3. The van der Waals surface area contributed by atoms with E-state index >= 15 is 0 Å². The van der Waals surface area contributed by atoms with Crippen molar-refractivity contribution in [1.82, 2.24) is 9.80 Å². The largest absolute Gasteiger partial charge is 0.507 e. The molecular formula is C28H44N2O2. The van der Waals surface area contributed by atoms with E-state index in [2.05, 4.69) is 90.6 Å². The summed E-state index contributed by atoms with van der Waals surface area (Å²) in [7, 11) is 4.18. The third-order valence-electron chi connectivity index (χ3n) is 6.13. The number of phenolic OH excluding ortho intramolecular Hbond substituents is 2. The summed E-state index contributed by atoms with van der Waals surface area (Å²) in [5, 5.41) is 21.4. The van der Waals surface area contributed by atoms with Crippen molar-refractivity contribution in [1.29, 1.82) is 0 Å². The third-order valence-corrected chi connectivity index (χ3v) is 6.13. The van der Waals surface area contributed by atoms with Gasteiger partial charge in [-0.05, 0) is 55.5 Å². The monoisotopic (exact) mass is 440 g/mol. The van der Waals surface area contributed by atoms with Crippen molar-refractivity contribution in [2.75, 3.05) is 27.2 Å². The third kappa shape index (κ3) is 6.73. The minimum Gasteiger partial charge on any atom is -0.507 e. The average molecular weight is 441 g/mol. The van der Waals surface area contributed by atoms with Crippen molar-refractivity contribution in [3.8, 4) is 11.5 Å². The Morgan fingerprint density at radius 2 is 1.19 bits per heavy atom. The SMILES string of the molecule is Cc1cc(C)c(O)c(CN(C)CCN(C)Cc2cc(C(C)(C)C)cc(C(C)(C)C)c2O)c1. The summed E-state index contributed by atoms with van der Waals surface area (Å²) in [6.45, 7) is 20.3. The summed E-state index contributed by atoms with van der Waals surface area (Å²) in [5.74, 6) is 0.820. The molecule has 0 aliphatic heterocycles. The summed E-state index contributed by atoms with van der Waals surface area (Å²) in [6, 6.07) is 8.41. The first kappa shape index (κ1) is 26.2. The number of likely N-dealkylation sites (N-methyl/N-ethyl adjacent to an activating group) is 2. The lowest BCUT2D eigenvalue weighted by atomic mass is 9.79. The zero-order chi connectivity index (χ0) is 24.4. The van der Waals surface area contributed by atoms with Crippen LogP contribution in [0.4, 0.5) is 0 Å². The molecule has 0 aromatic heterocycles. The van der Waals surface area contributed by atoms with Crippen LogP contribution in [0.3, 0.4) is 0 Å². The molecule has 0 aliphatic carbocycles. The Hall–Kier alpha value is -2.04. The van der Waals surface area contributed by atoms with E-state index in [0.717, 1.165) is 35.3 Å². The minimum atomic E-state index is -0.118. The summed E-state index contributed by atoms with van der Waals surface area (Å²) in [4.78, 5) is 4.49. The van der Waals surface area contributed by atoms with Gasteiger partial charge in [0.25, 0.3) is 0 Å². The molecule has 32 heavy (non-hydrogen) atoms. The van der Waals surface area contributed by atoms with Crippen molar-refractivity contribution in [2.24, 2.45) is 0 Å². The quantitative estimate of drug-likeness (QED) is 0.565. The van der Waals surface area contributed by atoms with Crippen LogP contribution in [0.1, 0.15) is 74.9 Å². The molecule has 0 amide bonds. The first-order valence-electron chi connectivity index (χ1n) is 11.6. The predicted octanol–water partition coefficient (Wildman–Crippen LogP) is 5.87. The van der Waals surface area contributed by atoms with Crippen LogP contribution >= 0.6 is 0 Å². The highest BCUT2D eigenvalue weighted by Gasteiger charge is 2.25. The number of hydrogen-bond acceptors (Lipinski definition) is 4. The number of aromatic hydroxyl groups is 2. The van der Waals surface area contributed by atoms with E-state index in [1.807, 2.05) is 13.0 Å². The van der Waals surface area contributed by atoms with Gasteiger partial charge in [0.05, 0.1) is 0 Å². The summed E-state index contributed by atoms with van der Waals surface area (Å²) in [5.41, 5.74) is 6.22. The molecule has 178 valence electrons. The summed E-state index contributed by atoms with van der Waals surface area (Å²) >= 11 is 0. The van der Waals surface area contributed by atoms with Gasteiger partial charge >= 0.3 is 0 Å². The Morgan fingerprint density at radius 3 is 1.66 bits per heavy atom. The molecule has 0 fully saturated rings. The minimum absolute atomic E-state index is 0.0230. The van der Waals surface area contributed by atoms with Crippen LogP contribution in [0.25, 0.3) is 0 Å². The molecule has 2 aromatic rings. The Bertz CT molecular complexity index is 936. The zero-order valence-corrected chi connectivity index (χ0v) is 21.9. The van der Waals surface area contributed by atoms with E-state index < -0.39 is 0 Å². The maximum Gasteiger partial charge on any atom is 0.123 e. The fraction of sp³-hybridized carbons (Fsp3) is 0.571. The van der Waals surface area contributed by atoms with E-state index in [4.69, 9.17) is 0 Å². The molecule has 0 heterocycles. The smallest absolute Gasteiger partial charge is 0.123 e. The Morgan fingerprint density at radius 1 is 0.688 bits per heavy atom. The molecule has 0 aliphatic rings. The highest BCUT2D eigenvalue weighted by molar-refractivity contribution is 5.48. The maximum atomic E-state index is 11.1. The van der Waals surface area contributed by atoms with Crippen molar-refractivity contribution in [3.63, 3.8) is 0 Å². The van der Waals surface area contributed by atoms with Crippen LogP contribution in [0.2, 0.25) is 0 Å². The van der Waals surface area contributed by atoms with Gasteiger partial charge < -0.3 is 20.0 Å². The molecule has 0 bridgehead atoms. The normalized spacial score (nSPS) is 12.8. The van der Waals surface area contributed by atoms with E-state index in [0.29, 0.717) is 24.6 Å². The molecule has 0 saturated carbocycles. The van der Waals surface area contributed by atoms with Gasteiger partial charge in [0.15, 0.2) is 0 Å². The second kappa shape index (κ2) is 9.84. The fourth-order valence-corrected chi connectivity index (χ4v) is 4.07. The zero-order valence-electron chi connectivity index (χ0n) is 21.9. The van der Waals surface area contributed by atoms with Gasteiger partial charge in [0.2, 0.25) is 0 Å². The highest BCUT2D eigenvalue weighted by atomic mass is 16.3. The number of nitrogens with zero attached hydrogens (tertiary/aromatic N) is 2. The second-order valence-corrected chi connectivity index (χ2v) is 11.6. The van der Waals surface area contributed by atoms with Crippen LogP contribution in [0.15, 0.2) is 24.3 Å². The maximum absolute atomic E-state index is 11.1. The van der Waals surface area contributed by atoms with Crippen LogP contribution in [-0.4, -0.2) is 47.2 Å². The van der Waals surface area contributed by atoms with Gasteiger partial charge in [-0.15, -0.1) is 0 Å². The molecule has 2 rings (SSSR count). The first-order valence-corrected chi connectivity index (χ1v) is 11.6. The topological polar surface area (TPSA) is 46.9 Å². The van der Waals surface area contributed by atoms with E-state index in [1.54, 1.807) is 0 Å². The molecule has 0 saturated heterocycles. The molecule has 0 radical (unpaired) electrons. The Balaban J connectivity index is 2.12. The Labute approximate surface area is 195 Å². The van der Waals surface area contributed by atoms with Crippen LogP contribution in [0, 0.1) is 13.8 Å². The van der Waals surface area contributed by atoms with Gasteiger partial charge in [-0.25, -0.2) is 0 Å². The number of benzene rings is 2. The molecule has 0 atom stereocenters. The first-order chi connectivity index (χ1) is 14.6. The summed E-state index contributed by atoms with van der Waals surface area (Å²) in [6.07, 6.45) is 0. The Kier molecular flexibility index (Phi) is 8.06. The lowest BCUT2D eigenvalue weighted by molar-refractivity contribution is 0.243. The van der Waals surface area contributed by atoms with Crippen molar-refractivity contribution < 1.29 is 10.2 Å². The molecular weight excluding hydrogens is 396 g/mol. The molecule has 2 aromatic carbocycles. The molecule has 4 heteroatoms. The van der Waals surface area contributed by atoms with Crippen LogP contribution in [0.5, 0.6) is 11.5 Å². The van der Waals surface area contributed by atoms with Gasteiger partial charge in [-0.1, -0.05) is 71.4 Å². The van der Waals surface area contributed by atoms with Gasteiger partial charge in [0.1, 0.15) is 11.5 Å². The number of rotatable bonds is 7. The van der Waals surface area contributed by atoms with Crippen molar-refractivity contribution >= 4 is 0 Å². The van der Waals surface area contributed by atoms with Crippen molar-refractivity contribution in [2.45, 2.75) is 79.3 Å². The van der Waals surface area contributed by atoms with E-state index in [-0.39, 0.29) is 10.8 Å². The molecule has 0 spiro atoms. The average Bonchev–Trinajstić information content (AvgIpc) is 2.63. The predicted molar refractivity (Wildman–Crippen MR) is 136 cm³/mol. The lowest BCUT2D eigenvalue weighted by Crippen LogP contribution is -2.30. The molecule has 2 N–H and O–H groups in total. The number of hydrogen-bond donors (Lipinski definition) is 2. The molecule has 4 nitrogen and oxygen atoms in total. The summed E-state index contributed by atoms with van der Waals surface area (Å²) < 4.78 is 0. The van der Waals surface area contributed by atoms with E-state index in [9.17, 15) is 10.2 Å². The van der Waals surface area contributed by atoms with Crippen LogP contribution < -0.4 is 0 Å². The number of aryl methyl sites for hydroxylation is 2.